The van der Waals surface area contributed by atoms with Crippen LogP contribution in [0.5, 0.6) is 5.75 Å². The molecule has 7 heteroatoms. The largest absolute Gasteiger partial charge is 0.496 e. The van der Waals surface area contributed by atoms with Crippen LogP contribution in [0.25, 0.3) is 16.9 Å². The van der Waals surface area contributed by atoms with E-state index in [0.717, 1.165) is 36.9 Å². The fourth-order valence-corrected chi connectivity index (χ4v) is 3.72. The summed E-state index contributed by atoms with van der Waals surface area (Å²) in [6.45, 7) is 0.432. The van der Waals surface area contributed by atoms with E-state index in [9.17, 15) is 10.4 Å². The molecule has 1 fully saturated rings. The van der Waals surface area contributed by atoms with E-state index in [4.69, 9.17) is 9.84 Å². The molecule has 7 nitrogen and oxygen atoms in total. The minimum atomic E-state index is -0.719. The van der Waals surface area contributed by atoms with Crippen LogP contribution >= 0.6 is 0 Å². The number of nitriles is 1. The molecule has 2 heterocycles. The lowest BCUT2D eigenvalue weighted by atomic mass is 10.0. The Morgan fingerprint density at radius 3 is 2.81 bits per heavy atom. The van der Waals surface area contributed by atoms with Gasteiger partial charge in [-0.15, -0.1) is 0 Å². The van der Waals surface area contributed by atoms with Crippen LogP contribution in [-0.4, -0.2) is 37.4 Å². The fourth-order valence-electron chi connectivity index (χ4n) is 3.72. The van der Waals surface area contributed by atoms with E-state index in [1.54, 1.807) is 40.9 Å². The number of methoxy groups -OCH3 is 1. The van der Waals surface area contributed by atoms with Crippen molar-refractivity contribution in [3.05, 3.63) is 48.4 Å². The van der Waals surface area contributed by atoms with E-state index in [-0.39, 0.29) is 0 Å². The molecular weight excluding hydrogens is 342 g/mol. The summed E-state index contributed by atoms with van der Waals surface area (Å²) in [5.41, 5.74) is 1.97. The quantitative estimate of drug-likeness (QED) is 0.753. The van der Waals surface area contributed by atoms with Gasteiger partial charge in [0, 0.05) is 18.0 Å². The third kappa shape index (κ3) is 3.32. The first-order valence-electron chi connectivity index (χ1n) is 9.00. The zero-order valence-corrected chi connectivity index (χ0v) is 15.2. The van der Waals surface area contributed by atoms with Crippen LogP contribution in [0.3, 0.4) is 0 Å². The second-order valence-electron chi connectivity index (χ2n) is 6.97. The predicted octanol–water partition coefficient (Wildman–Crippen LogP) is 2.92. The normalized spacial score (nSPS) is 15.6. The minimum absolute atomic E-state index is 0.432. The Kier molecular flexibility index (Phi) is 4.42. The van der Waals surface area contributed by atoms with E-state index in [2.05, 4.69) is 11.2 Å². The van der Waals surface area contributed by atoms with Gasteiger partial charge in [0.1, 0.15) is 17.1 Å². The first-order chi connectivity index (χ1) is 13.1. The van der Waals surface area contributed by atoms with Crippen molar-refractivity contribution in [2.45, 2.75) is 37.8 Å². The van der Waals surface area contributed by atoms with E-state index in [1.165, 1.54) is 0 Å². The van der Waals surface area contributed by atoms with Crippen molar-refractivity contribution < 1.29 is 9.84 Å². The minimum Gasteiger partial charge on any atom is -0.496 e. The summed E-state index contributed by atoms with van der Waals surface area (Å²) in [6.07, 6.45) is 9.07. The smallest absolute Gasteiger partial charge is 0.128 e. The number of aliphatic hydroxyl groups is 1. The monoisotopic (exact) mass is 363 g/mol. The average molecular weight is 363 g/mol. The lowest BCUT2D eigenvalue weighted by Gasteiger charge is -2.21. The highest BCUT2D eigenvalue weighted by Gasteiger charge is 2.32. The molecule has 0 spiro atoms. The average Bonchev–Trinajstić information content (AvgIpc) is 3.42. The van der Waals surface area contributed by atoms with Crippen LogP contribution in [-0.2, 0) is 6.54 Å². The Balaban J connectivity index is 1.83. The maximum Gasteiger partial charge on any atom is 0.128 e. The van der Waals surface area contributed by atoms with Crippen LogP contribution in [0.15, 0.2) is 42.9 Å². The number of rotatable bonds is 5. The number of hydrogen-bond donors (Lipinski definition) is 1. The topological polar surface area (TPSA) is 88.9 Å². The fraction of sp³-hybridized carbons (Fsp3) is 0.350. The van der Waals surface area contributed by atoms with E-state index in [0.29, 0.717) is 23.6 Å². The number of nitrogens with zero attached hydrogens (tertiary/aromatic N) is 5. The van der Waals surface area contributed by atoms with Crippen LogP contribution in [0, 0.1) is 11.3 Å². The van der Waals surface area contributed by atoms with Gasteiger partial charge >= 0.3 is 0 Å². The van der Waals surface area contributed by atoms with Gasteiger partial charge in [-0.25, -0.2) is 4.68 Å². The molecular formula is C20H21N5O2. The molecule has 1 aliphatic rings. The third-order valence-corrected chi connectivity index (χ3v) is 5.07. The summed E-state index contributed by atoms with van der Waals surface area (Å²) < 4.78 is 9.00. The second-order valence-corrected chi connectivity index (χ2v) is 6.97. The number of hydrogen-bond acceptors (Lipinski definition) is 5. The zero-order valence-electron chi connectivity index (χ0n) is 15.2. The molecule has 3 aromatic rings. The summed E-state index contributed by atoms with van der Waals surface area (Å²) >= 11 is 0. The van der Waals surface area contributed by atoms with Crippen molar-refractivity contribution in [1.82, 2.24) is 19.6 Å². The summed E-state index contributed by atoms with van der Waals surface area (Å²) in [4.78, 5) is 0. The molecule has 0 atom stereocenters. The number of aromatic nitrogens is 4. The van der Waals surface area contributed by atoms with E-state index in [1.807, 2.05) is 18.5 Å². The molecule has 1 N–H and O–H groups in total. The lowest BCUT2D eigenvalue weighted by molar-refractivity contribution is 0.0266. The van der Waals surface area contributed by atoms with Gasteiger partial charge < -0.3 is 9.84 Å². The zero-order chi connectivity index (χ0) is 18.9. The molecule has 1 aromatic carbocycles. The van der Waals surface area contributed by atoms with E-state index < -0.39 is 5.60 Å². The van der Waals surface area contributed by atoms with Crippen molar-refractivity contribution in [3.8, 4) is 28.8 Å². The Hall–Kier alpha value is -3.11. The molecule has 27 heavy (non-hydrogen) atoms. The van der Waals surface area contributed by atoms with Crippen LogP contribution in [0.4, 0.5) is 0 Å². The highest BCUT2D eigenvalue weighted by molar-refractivity contribution is 5.75. The van der Waals surface area contributed by atoms with Crippen molar-refractivity contribution in [2.24, 2.45) is 0 Å². The highest BCUT2D eigenvalue weighted by Crippen LogP contribution is 2.35. The van der Waals surface area contributed by atoms with Gasteiger partial charge in [0.15, 0.2) is 0 Å². The Labute approximate surface area is 157 Å². The molecule has 0 aliphatic heterocycles. The summed E-state index contributed by atoms with van der Waals surface area (Å²) in [7, 11) is 1.59. The third-order valence-electron chi connectivity index (χ3n) is 5.07. The lowest BCUT2D eigenvalue weighted by Crippen LogP contribution is -2.30. The molecule has 0 amide bonds. The van der Waals surface area contributed by atoms with Crippen LogP contribution < -0.4 is 4.74 Å². The van der Waals surface area contributed by atoms with Gasteiger partial charge in [-0.3, -0.25) is 4.68 Å². The van der Waals surface area contributed by atoms with Gasteiger partial charge in [-0.2, -0.15) is 15.5 Å². The molecule has 0 bridgehead atoms. The van der Waals surface area contributed by atoms with Gasteiger partial charge in [-0.05, 0) is 37.1 Å². The highest BCUT2D eigenvalue weighted by atomic mass is 16.5. The molecule has 138 valence electrons. The SMILES string of the molecule is COc1ccc(C#N)cc1-c1nn(CC2(O)CCCC2)cc1-n1cccn1. The molecule has 1 aliphatic carbocycles. The van der Waals surface area contributed by atoms with Crippen molar-refractivity contribution in [2.75, 3.05) is 7.11 Å². The Morgan fingerprint density at radius 2 is 2.15 bits per heavy atom. The van der Waals surface area contributed by atoms with Crippen LogP contribution in [0.2, 0.25) is 0 Å². The summed E-state index contributed by atoms with van der Waals surface area (Å²) in [5, 5.41) is 29.1. The first kappa shape index (κ1) is 17.3. The first-order valence-corrected chi connectivity index (χ1v) is 9.00. The Morgan fingerprint density at radius 1 is 1.33 bits per heavy atom. The van der Waals surface area contributed by atoms with Gasteiger partial charge in [-0.1, -0.05) is 12.8 Å². The predicted molar refractivity (Wildman–Crippen MR) is 99.5 cm³/mol. The standard InChI is InChI=1S/C20H21N5O2/c1-27-18-6-5-15(12-21)11-16(18)19-17(25-10-4-9-22-25)13-24(23-19)14-20(26)7-2-3-8-20/h4-6,9-11,13,26H,2-3,7-8,14H2,1H3. The maximum absolute atomic E-state index is 10.8. The number of ether oxygens (including phenoxy) is 1. The number of benzene rings is 1. The summed E-state index contributed by atoms with van der Waals surface area (Å²) in [5.74, 6) is 0.632. The van der Waals surface area contributed by atoms with Gasteiger partial charge in [0.2, 0.25) is 0 Å². The van der Waals surface area contributed by atoms with Crippen molar-refractivity contribution in [3.63, 3.8) is 0 Å². The molecule has 0 saturated heterocycles. The molecule has 0 unspecified atom stereocenters. The van der Waals surface area contributed by atoms with Crippen LogP contribution in [0.1, 0.15) is 31.2 Å². The van der Waals surface area contributed by atoms with Gasteiger partial charge in [0.25, 0.3) is 0 Å². The van der Waals surface area contributed by atoms with E-state index >= 15 is 0 Å². The van der Waals surface area contributed by atoms with Crippen molar-refractivity contribution >= 4 is 0 Å². The molecule has 4 rings (SSSR count). The van der Waals surface area contributed by atoms with Gasteiger partial charge in [0.05, 0.1) is 37.1 Å². The summed E-state index contributed by atoms with van der Waals surface area (Å²) in [6, 6.07) is 9.25. The second kappa shape index (κ2) is 6.89. The maximum atomic E-state index is 10.8. The molecule has 2 aromatic heterocycles. The Bertz CT molecular complexity index is 978. The molecule has 0 radical (unpaired) electrons. The molecule has 1 saturated carbocycles. The van der Waals surface area contributed by atoms with Crippen molar-refractivity contribution in [1.29, 1.82) is 5.26 Å².